The summed E-state index contributed by atoms with van der Waals surface area (Å²) >= 11 is 0. The van der Waals surface area contributed by atoms with E-state index in [2.05, 4.69) is 10.4 Å². The van der Waals surface area contributed by atoms with Crippen molar-refractivity contribution in [1.29, 1.82) is 0 Å². The Labute approximate surface area is 119 Å². The van der Waals surface area contributed by atoms with Gasteiger partial charge in [0.2, 0.25) is 0 Å². The van der Waals surface area contributed by atoms with Crippen LogP contribution in [-0.2, 0) is 16.4 Å². The molecule has 7 heteroatoms. The SMILES string of the molecule is CCCS(=O)(=O)CCn1ncc(NCC2CC2)cc1=O. The molecule has 2 rings (SSSR count). The third-order valence-electron chi connectivity index (χ3n) is 3.29. The molecule has 1 aliphatic rings. The summed E-state index contributed by atoms with van der Waals surface area (Å²) in [4.78, 5) is 11.8. The van der Waals surface area contributed by atoms with Gasteiger partial charge in [0.15, 0.2) is 9.84 Å². The minimum absolute atomic E-state index is 0.0391. The first-order valence-electron chi connectivity index (χ1n) is 7.01. The highest BCUT2D eigenvalue weighted by atomic mass is 32.2. The van der Waals surface area contributed by atoms with E-state index in [1.54, 1.807) is 6.20 Å². The highest BCUT2D eigenvalue weighted by Crippen LogP contribution is 2.28. The molecule has 1 N–H and O–H groups in total. The Bertz CT molecular complexity index is 606. The number of aromatic nitrogens is 2. The van der Waals surface area contributed by atoms with E-state index in [1.165, 1.54) is 23.6 Å². The fraction of sp³-hybridized carbons (Fsp3) is 0.692. The van der Waals surface area contributed by atoms with E-state index in [0.29, 0.717) is 12.1 Å². The van der Waals surface area contributed by atoms with Crippen molar-refractivity contribution in [3.05, 3.63) is 22.6 Å². The summed E-state index contributed by atoms with van der Waals surface area (Å²) in [5.41, 5.74) is 0.437. The molecule has 1 heterocycles. The smallest absolute Gasteiger partial charge is 0.268 e. The highest BCUT2D eigenvalue weighted by molar-refractivity contribution is 7.91. The standard InChI is InChI=1S/C13H21N3O3S/c1-2-6-20(18,19)7-5-16-13(17)8-12(10-15-16)14-9-11-3-4-11/h8,10-11,14H,2-7,9H2,1H3. The van der Waals surface area contributed by atoms with Gasteiger partial charge in [0.25, 0.3) is 5.56 Å². The summed E-state index contributed by atoms with van der Waals surface area (Å²) in [6, 6.07) is 1.47. The Hall–Kier alpha value is -1.37. The minimum Gasteiger partial charge on any atom is -0.383 e. The quantitative estimate of drug-likeness (QED) is 0.771. The molecule has 1 aromatic heterocycles. The van der Waals surface area contributed by atoms with Crippen LogP contribution in [-0.4, -0.2) is 36.2 Å². The Morgan fingerprint density at radius 3 is 2.75 bits per heavy atom. The van der Waals surface area contributed by atoms with Crippen molar-refractivity contribution >= 4 is 15.5 Å². The van der Waals surface area contributed by atoms with Crippen LogP contribution in [0.1, 0.15) is 26.2 Å². The Morgan fingerprint density at radius 1 is 1.40 bits per heavy atom. The van der Waals surface area contributed by atoms with E-state index < -0.39 is 9.84 Å². The fourth-order valence-electron chi connectivity index (χ4n) is 1.92. The van der Waals surface area contributed by atoms with Gasteiger partial charge in [-0.25, -0.2) is 13.1 Å². The van der Waals surface area contributed by atoms with E-state index in [1.807, 2.05) is 6.92 Å². The van der Waals surface area contributed by atoms with E-state index in [-0.39, 0.29) is 23.6 Å². The summed E-state index contributed by atoms with van der Waals surface area (Å²) in [6.45, 7) is 2.81. The first-order chi connectivity index (χ1) is 9.50. The van der Waals surface area contributed by atoms with Gasteiger partial charge >= 0.3 is 0 Å². The molecule has 0 aromatic carbocycles. The molecule has 0 aliphatic heterocycles. The summed E-state index contributed by atoms with van der Waals surface area (Å²) < 4.78 is 24.4. The van der Waals surface area contributed by atoms with E-state index in [0.717, 1.165) is 12.5 Å². The first-order valence-corrected chi connectivity index (χ1v) is 8.84. The molecule has 1 aromatic rings. The molecule has 0 spiro atoms. The lowest BCUT2D eigenvalue weighted by molar-refractivity contribution is 0.570. The molecule has 1 aliphatic carbocycles. The van der Waals surface area contributed by atoms with Gasteiger partial charge in [0.05, 0.1) is 24.2 Å². The largest absolute Gasteiger partial charge is 0.383 e. The van der Waals surface area contributed by atoms with Crippen molar-refractivity contribution in [2.45, 2.75) is 32.7 Å². The number of anilines is 1. The predicted molar refractivity (Wildman–Crippen MR) is 78.7 cm³/mol. The van der Waals surface area contributed by atoms with Crippen molar-refractivity contribution < 1.29 is 8.42 Å². The maximum atomic E-state index is 11.8. The second-order valence-electron chi connectivity index (χ2n) is 5.28. The predicted octanol–water partition coefficient (Wildman–Crippen LogP) is 0.890. The van der Waals surface area contributed by atoms with Crippen molar-refractivity contribution in [1.82, 2.24) is 9.78 Å². The summed E-state index contributed by atoms with van der Waals surface area (Å²) in [5, 5.41) is 7.19. The monoisotopic (exact) mass is 299 g/mol. The number of hydrogen-bond acceptors (Lipinski definition) is 5. The first kappa shape index (κ1) is 15.0. The number of nitrogens with one attached hydrogen (secondary N) is 1. The Morgan fingerprint density at radius 2 is 2.15 bits per heavy atom. The van der Waals surface area contributed by atoms with Gasteiger partial charge in [-0.15, -0.1) is 0 Å². The van der Waals surface area contributed by atoms with Gasteiger partial charge in [-0.2, -0.15) is 5.10 Å². The van der Waals surface area contributed by atoms with Crippen LogP contribution in [0.25, 0.3) is 0 Å². The summed E-state index contributed by atoms with van der Waals surface area (Å²) in [7, 11) is -3.09. The molecule has 0 bridgehead atoms. The maximum Gasteiger partial charge on any atom is 0.268 e. The van der Waals surface area contributed by atoms with Crippen molar-refractivity contribution in [2.24, 2.45) is 5.92 Å². The van der Waals surface area contributed by atoms with Crippen molar-refractivity contribution in [3.8, 4) is 0 Å². The third-order valence-corrected chi connectivity index (χ3v) is 5.13. The molecule has 0 amide bonds. The highest BCUT2D eigenvalue weighted by Gasteiger charge is 2.20. The zero-order chi connectivity index (χ0) is 14.6. The van der Waals surface area contributed by atoms with Crippen LogP contribution in [0, 0.1) is 5.92 Å². The second kappa shape index (κ2) is 6.39. The number of rotatable bonds is 8. The average molecular weight is 299 g/mol. The van der Waals surface area contributed by atoms with Crippen LogP contribution in [0.3, 0.4) is 0 Å². The van der Waals surface area contributed by atoms with Crippen LogP contribution in [0.2, 0.25) is 0 Å². The molecule has 0 radical (unpaired) electrons. The van der Waals surface area contributed by atoms with Gasteiger partial charge in [-0.3, -0.25) is 4.79 Å². The van der Waals surface area contributed by atoms with Gasteiger partial charge < -0.3 is 5.32 Å². The van der Waals surface area contributed by atoms with Crippen LogP contribution < -0.4 is 10.9 Å². The number of hydrogen-bond donors (Lipinski definition) is 1. The number of sulfone groups is 1. The lowest BCUT2D eigenvalue weighted by Gasteiger charge is -2.08. The topological polar surface area (TPSA) is 81.1 Å². The van der Waals surface area contributed by atoms with Crippen LogP contribution >= 0.6 is 0 Å². The summed E-state index contributed by atoms with van der Waals surface area (Å²) in [5.74, 6) is 0.836. The third kappa shape index (κ3) is 4.63. The zero-order valence-electron chi connectivity index (χ0n) is 11.7. The number of nitrogens with zero attached hydrogens (tertiary/aromatic N) is 2. The Balaban J connectivity index is 1.93. The molecule has 0 unspecified atom stereocenters. The Kier molecular flexibility index (Phi) is 4.80. The normalized spacial score (nSPS) is 15.2. The van der Waals surface area contributed by atoms with Gasteiger partial charge in [0.1, 0.15) is 0 Å². The zero-order valence-corrected chi connectivity index (χ0v) is 12.5. The molecule has 6 nitrogen and oxygen atoms in total. The molecule has 20 heavy (non-hydrogen) atoms. The maximum absolute atomic E-state index is 11.8. The molecule has 1 saturated carbocycles. The molecular weight excluding hydrogens is 278 g/mol. The molecule has 112 valence electrons. The minimum atomic E-state index is -3.09. The van der Waals surface area contributed by atoms with E-state index in [4.69, 9.17) is 0 Å². The number of aryl methyl sites for hydroxylation is 1. The van der Waals surface area contributed by atoms with Gasteiger partial charge in [-0.05, 0) is 25.2 Å². The van der Waals surface area contributed by atoms with Gasteiger partial charge in [0, 0.05) is 18.4 Å². The van der Waals surface area contributed by atoms with Crippen LogP contribution in [0.4, 0.5) is 5.69 Å². The van der Waals surface area contributed by atoms with Crippen LogP contribution in [0.5, 0.6) is 0 Å². The van der Waals surface area contributed by atoms with E-state index >= 15 is 0 Å². The molecular formula is C13H21N3O3S. The lowest BCUT2D eigenvalue weighted by Crippen LogP contribution is -2.27. The van der Waals surface area contributed by atoms with Crippen molar-refractivity contribution in [3.63, 3.8) is 0 Å². The van der Waals surface area contributed by atoms with Crippen LogP contribution in [0.15, 0.2) is 17.1 Å². The fourth-order valence-corrected chi connectivity index (χ4v) is 3.20. The molecule has 1 fully saturated rings. The lowest BCUT2D eigenvalue weighted by atomic mass is 10.4. The van der Waals surface area contributed by atoms with Crippen molar-refractivity contribution in [2.75, 3.05) is 23.4 Å². The molecule has 0 saturated heterocycles. The summed E-state index contributed by atoms with van der Waals surface area (Å²) in [6.07, 6.45) is 4.66. The average Bonchev–Trinajstić information content (AvgIpc) is 3.19. The van der Waals surface area contributed by atoms with Gasteiger partial charge in [-0.1, -0.05) is 6.92 Å². The second-order valence-corrected chi connectivity index (χ2v) is 7.59. The molecule has 0 atom stereocenters. The van der Waals surface area contributed by atoms with E-state index in [9.17, 15) is 13.2 Å².